The minimum Gasteiger partial charge on any atom is -0.300 e. The van der Waals surface area contributed by atoms with Crippen molar-refractivity contribution >= 4 is 34.1 Å². The number of nitrogens with one attached hydrogen (secondary N) is 1. The molecule has 9 heteroatoms. The molecule has 0 saturated heterocycles. The van der Waals surface area contributed by atoms with Crippen LogP contribution >= 0.6 is 23.1 Å². The van der Waals surface area contributed by atoms with E-state index < -0.39 is 11.6 Å². The predicted octanol–water partition coefficient (Wildman–Crippen LogP) is 3.61. The van der Waals surface area contributed by atoms with Gasteiger partial charge in [0.1, 0.15) is 5.69 Å². The minimum absolute atomic E-state index is 0.0452. The first-order chi connectivity index (χ1) is 11.6. The number of pyridine rings is 1. The molecule has 3 rings (SSSR count). The molecule has 2 heterocycles. The van der Waals surface area contributed by atoms with Crippen molar-refractivity contribution in [2.24, 2.45) is 0 Å². The van der Waals surface area contributed by atoms with Crippen molar-refractivity contribution in [3.63, 3.8) is 0 Å². The summed E-state index contributed by atoms with van der Waals surface area (Å²) >= 11 is 2.30. The molecular formula is C15H10F2N4OS2. The lowest BCUT2D eigenvalue weighted by molar-refractivity contribution is -0.113. The van der Waals surface area contributed by atoms with Gasteiger partial charge < -0.3 is 0 Å². The fourth-order valence-electron chi connectivity index (χ4n) is 1.74. The fraction of sp³-hybridized carbons (Fsp3) is 0.0667. The van der Waals surface area contributed by atoms with Crippen LogP contribution in [0.2, 0.25) is 0 Å². The van der Waals surface area contributed by atoms with E-state index in [1.165, 1.54) is 17.4 Å². The first-order valence-corrected chi connectivity index (χ1v) is 8.54. The van der Waals surface area contributed by atoms with Gasteiger partial charge in [0.15, 0.2) is 16.6 Å². The van der Waals surface area contributed by atoms with Gasteiger partial charge in [0, 0.05) is 11.1 Å². The van der Waals surface area contributed by atoms with Crippen LogP contribution in [-0.2, 0) is 4.79 Å². The Morgan fingerprint density at radius 2 is 2.04 bits per heavy atom. The van der Waals surface area contributed by atoms with Crippen LogP contribution in [0, 0.1) is 11.6 Å². The third-order valence-electron chi connectivity index (χ3n) is 2.82. The second kappa shape index (κ2) is 7.45. The minimum atomic E-state index is -0.940. The maximum absolute atomic E-state index is 13.1. The van der Waals surface area contributed by atoms with Gasteiger partial charge in [-0.15, -0.1) is 22.0 Å². The van der Waals surface area contributed by atoms with Crippen LogP contribution in [0.3, 0.4) is 0 Å². The topological polar surface area (TPSA) is 67.8 Å². The molecule has 24 heavy (non-hydrogen) atoms. The second-order valence-corrected chi connectivity index (χ2v) is 6.57. The van der Waals surface area contributed by atoms with Crippen LogP contribution in [0.4, 0.5) is 13.9 Å². The Bertz CT molecular complexity index is 858. The first kappa shape index (κ1) is 16.5. The Hall–Kier alpha value is -2.39. The molecular weight excluding hydrogens is 354 g/mol. The van der Waals surface area contributed by atoms with Crippen LogP contribution < -0.4 is 5.32 Å². The van der Waals surface area contributed by atoms with Crippen molar-refractivity contribution in [2.75, 3.05) is 11.1 Å². The first-order valence-electron chi connectivity index (χ1n) is 6.74. The summed E-state index contributed by atoms with van der Waals surface area (Å²) in [5.41, 5.74) is 0.673. The molecule has 0 radical (unpaired) electrons. The van der Waals surface area contributed by atoms with Crippen molar-refractivity contribution in [3.05, 3.63) is 54.2 Å². The number of hydrogen-bond acceptors (Lipinski definition) is 6. The van der Waals surface area contributed by atoms with Gasteiger partial charge >= 0.3 is 0 Å². The summed E-state index contributed by atoms with van der Waals surface area (Å²) in [6.07, 6.45) is 1.65. The van der Waals surface area contributed by atoms with Gasteiger partial charge in [-0.3, -0.25) is 15.1 Å². The molecule has 0 aliphatic heterocycles. The summed E-state index contributed by atoms with van der Waals surface area (Å²) in [7, 11) is 0. The molecule has 0 bridgehead atoms. The summed E-state index contributed by atoms with van der Waals surface area (Å²) < 4.78 is 25.9. The highest BCUT2D eigenvalue weighted by Crippen LogP contribution is 2.25. The SMILES string of the molecule is O=C(CSc1ccc(F)c(F)c1)Nc1nnc(-c2ccccn2)s1. The van der Waals surface area contributed by atoms with E-state index in [1.54, 1.807) is 18.3 Å². The smallest absolute Gasteiger partial charge is 0.236 e. The fourth-order valence-corrected chi connectivity index (χ4v) is 3.20. The number of amides is 1. The van der Waals surface area contributed by atoms with Crippen LogP contribution in [0.15, 0.2) is 47.5 Å². The van der Waals surface area contributed by atoms with Gasteiger partial charge in [-0.25, -0.2) is 8.78 Å². The molecule has 0 fully saturated rings. The zero-order valence-corrected chi connectivity index (χ0v) is 13.7. The summed E-state index contributed by atoms with van der Waals surface area (Å²) in [5.74, 6) is -2.12. The zero-order valence-electron chi connectivity index (χ0n) is 12.1. The Balaban J connectivity index is 1.57. The van der Waals surface area contributed by atoms with Crippen molar-refractivity contribution < 1.29 is 13.6 Å². The maximum Gasteiger partial charge on any atom is 0.236 e. The largest absolute Gasteiger partial charge is 0.300 e. The van der Waals surface area contributed by atoms with Crippen LogP contribution in [-0.4, -0.2) is 26.8 Å². The van der Waals surface area contributed by atoms with Gasteiger partial charge in [-0.1, -0.05) is 17.4 Å². The lowest BCUT2D eigenvalue weighted by Crippen LogP contribution is -2.13. The highest BCUT2D eigenvalue weighted by molar-refractivity contribution is 8.00. The standard InChI is InChI=1S/C15H10F2N4OS2/c16-10-5-4-9(7-11(10)17)23-8-13(22)19-15-21-20-14(24-15)12-3-1-2-6-18-12/h1-7H,8H2,(H,19,21,22). The van der Waals surface area contributed by atoms with E-state index in [2.05, 4.69) is 20.5 Å². The number of anilines is 1. The zero-order chi connectivity index (χ0) is 16.9. The third-order valence-corrected chi connectivity index (χ3v) is 4.67. The number of carbonyl (C=O) groups excluding carboxylic acids is 1. The van der Waals surface area contributed by atoms with Crippen molar-refractivity contribution in [3.8, 4) is 10.7 Å². The molecule has 0 spiro atoms. The number of hydrogen-bond donors (Lipinski definition) is 1. The number of aromatic nitrogens is 3. The lowest BCUT2D eigenvalue weighted by Gasteiger charge is -2.02. The van der Waals surface area contributed by atoms with E-state index in [-0.39, 0.29) is 11.7 Å². The molecule has 1 N–H and O–H groups in total. The maximum atomic E-state index is 13.1. The highest BCUT2D eigenvalue weighted by atomic mass is 32.2. The summed E-state index contributed by atoms with van der Waals surface area (Å²) in [6, 6.07) is 8.92. The molecule has 2 aromatic heterocycles. The Morgan fingerprint density at radius 1 is 1.17 bits per heavy atom. The molecule has 0 unspecified atom stereocenters. The lowest BCUT2D eigenvalue weighted by atomic mass is 10.3. The Labute approximate surface area is 144 Å². The molecule has 122 valence electrons. The van der Waals surface area contributed by atoms with E-state index in [1.807, 2.05) is 6.07 Å². The number of benzene rings is 1. The van der Waals surface area contributed by atoms with E-state index in [9.17, 15) is 13.6 Å². The highest BCUT2D eigenvalue weighted by Gasteiger charge is 2.11. The number of halogens is 2. The number of thioether (sulfide) groups is 1. The molecule has 0 aliphatic rings. The molecule has 0 saturated carbocycles. The van der Waals surface area contributed by atoms with Gasteiger partial charge in [-0.2, -0.15) is 0 Å². The van der Waals surface area contributed by atoms with Gasteiger partial charge in [0.05, 0.1) is 5.75 Å². The third kappa shape index (κ3) is 4.12. The van der Waals surface area contributed by atoms with E-state index in [4.69, 9.17) is 0 Å². The normalized spacial score (nSPS) is 10.6. The summed E-state index contributed by atoms with van der Waals surface area (Å²) in [6.45, 7) is 0. The molecule has 0 atom stereocenters. The van der Waals surface area contributed by atoms with Crippen molar-refractivity contribution in [1.82, 2.24) is 15.2 Å². The average Bonchev–Trinajstić information content (AvgIpc) is 3.05. The van der Waals surface area contributed by atoms with Gasteiger partial charge in [0.25, 0.3) is 0 Å². The number of carbonyl (C=O) groups is 1. The summed E-state index contributed by atoms with van der Waals surface area (Å²) in [4.78, 5) is 16.5. The molecule has 0 aliphatic carbocycles. The monoisotopic (exact) mass is 364 g/mol. The van der Waals surface area contributed by atoms with E-state index in [0.29, 0.717) is 20.7 Å². The predicted molar refractivity (Wildman–Crippen MR) is 88.9 cm³/mol. The van der Waals surface area contributed by atoms with Crippen LogP contribution in [0.25, 0.3) is 10.7 Å². The molecule has 3 aromatic rings. The number of nitrogens with zero attached hydrogens (tertiary/aromatic N) is 3. The van der Waals surface area contributed by atoms with Crippen molar-refractivity contribution in [1.29, 1.82) is 0 Å². The van der Waals surface area contributed by atoms with Gasteiger partial charge in [0.2, 0.25) is 11.0 Å². The van der Waals surface area contributed by atoms with Gasteiger partial charge in [-0.05, 0) is 30.3 Å². The van der Waals surface area contributed by atoms with Crippen molar-refractivity contribution in [2.45, 2.75) is 4.90 Å². The average molecular weight is 364 g/mol. The Kier molecular flexibility index (Phi) is 5.11. The summed E-state index contributed by atoms with van der Waals surface area (Å²) in [5, 5.41) is 11.4. The quantitative estimate of drug-likeness (QED) is 0.701. The molecule has 5 nitrogen and oxygen atoms in total. The second-order valence-electron chi connectivity index (χ2n) is 4.54. The van der Waals surface area contributed by atoms with E-state index >= 15 is 0 Å². The van der Waals surface area contributed by atoms with Crippen LogP contribution in [0.5, 0.6) is 0 Å². The number of rotatable bonds is 5. The molecule has 1 amide bonds. The molecule has 1 aromatic carbocycles. The Morgan fingerprint density at radius 3 is 2.79 bits per heavy atom. The van der Waals surface area contributed by atoms with E-state index in [0.717, 1.165) is 23.9 Å². The van der Waals surface area contributed by atoms with Crippen LogP contribution in [0.1, 0.15) is 0 Å².